The van der Waals surface area contributed by atoms with Gasteiger partial charge in [0.2, 0.25) is 5.78 Å². The highest BCUT2D eigenvalue weighted by molar-refractivity contribution is 8.05. The number of rotatable bonds is 2. The average Bonchev–Trinajstić information content (AvgIpc) is 2.40. The second-order valence-corrected chi connectivity index (χ2v) is 5.43. The number of Topliss-reactive ketones (excluding diaryl/α,β-unsaturated/α-hetero) is 1. The Balaban J connectivity index is 2.48. The minimum atomic E-state index is -0.00521. The van der Waals surface area contributed by atoms with Crippen molar-refractivity contribution >= 4 is 35.1 Å². The van der Waals surface area contributed by atoms with Gasteiger partial charge in [0.15, 0.2) is 5.78 Å². The zero-order valence-electron chi connectivity index (χ0n) is 10.1. The smallest absolute Gasteiger partial charge is 0.205 e. The molecule has 2 rings (SSSR count). The van der Waals surface area contributed by atoms with E-state index < -0.39 is 0 Å². The maximum Gasteiger partial charge on any atom is 0.205 e. The fourth-order valence-electron chi connectivity index (χ4n) is 1.69. The zero-order chi connectivity index (χ0) is 13.1. The SMILES string of the molecule is CSC1=CC(=C2C=CC(=O)C=C2)C=C(SC)C1=O. The Labute approximate surface area is 115 Å². The molecule has 0 aromatic rings. The van der Waals surface area contributed by atoms with Gasteiger partial charge < -0.3 is 0 Å². The Morgan fingerprint density at radius 2 is 1.28 bits per heavy atom. The summed E-state index contributed by atoms with van der Waals surface area (Å²) in [7, 11) is 0. The molecule has 4 heteroatoms. The van der Waals surface area contributed by atoms with Crippen molar-refractivity contribution in [1.82, 2.24) is 0 Å². The summed E-state index contributed by atoms with van der Waals surface area (Å²) < 4.78 is 0. The highest BCUT2D eigenvalue weighted by Crippen LogP contribution is 2.32. The third-order valence-electron chi connectivity index (χ3n) is 2.65. The first-order valence-corrected chi connectivity index (χ1v) is 7.81. The molecule has 0 heterocycles. The van der Waals surface area contributed by atoms with Crippen molar-refractivity contribution < 1.29 is 9.59 Å². The van der Waals surface area contributed by atoms with Crippen molar-refractivity contribution in [2.75, 3.05) is 12.5 Å². The molecule has 0 bridgehead atoms. The van der Waals surface area contributed by atoms with Gasteiger partial charge in [0.25, 0.3) is 0 Å². The van der Waals surface area contributed by atoms with Crippen LogP contribution in [0.15, 0.2) is 57.4 Å². The largest absolute Gasteiger partial charge is 0.290 e. The maximum atomic E-state index is 12.0. The molecule has 0 aliphatic heterocycles. The van der Waals surface area contributed by atoms with E-state index in [0.717, 1.165) is 21.0 Å². The van der Waals surface area contributed by atoms with Crippen LogP contribution in [-0.4, -0.2) is 24.1 Å². The van der Waals surface area contributed by atoms with Gasteiger partial charge in [-0.15, -0.1) is 23.5 Å². The van der Waals surface area contributed by atoms with Gasteiger partial charge in [0.05, 0.1) is 9.81 Å². The van der Waals surface area contributed by atoms with Crippen LogP contribution in [0.25, 0.3) is 0 Å². The number of allylic oxidation sites excluding steroid dienone is 10. The van der Waals surface area contributed by atoms with E-state index in [0.29, 0.717) is 0 Å². The van der Waals surface area contributed by atoms with E-state index in [4.69, 9.17) is 0 Å². The summed E-state index contributed by atoms with van der Waals surface area (Å²) in [5.41, 5.74) is 1.93. The Hall–Kier alpha value is -1.26. The number of carbonyl (C=O) groups is 2. The van der Waals surface area contributed by atoms with Crippen molar-refractivity contribution in [3.63, 3.8) is 0 Å². The third kappa shape index (κ3) is 2.60. The molecule has 0 aromatic carbocycles. The van der Waals surface area contributed by atoms with Crippen LogP contribution in [0.2, 0.25) is 0 Å². The van der Waals surface area contributed by atoms with Gasteiger partial charge in [-0.25, -0.2) is 0 Å². The lowest BCUT2D eigenvalue weighted by atomic mass is 9.98. The Morgan fingerprint density at radius 3 is 1.72 bits per heavy atom. The second-order valence-electron chi connectivity index (χ2n) is 3.73. The van der Waals surface area contributed by atoms with Crippen LogP contribution in [0, 0.1) is 0 Å². The lowest BCUT2D eigenvalue weighted by molar-refractivity contribution is -0.111. The van der Waals surface area contributed by atoms with Gasteiger partial charge in [-0.2, -0.15) is 0 Å². The first-order chi connectivity index (χ1) is 8.65. The number of thioether (sulfide) groups is 2. The zero-order valence-corrected chi connectivity index (χ0v) is 11.7. The first kappa shape index (κ1) is 13.2. The van der Waals surface area contributed by atoms with Crippen molar-refractivity contribution in [2.24, 2.45) is 0 Å². The topological polar surface area (TPSA) is 34.1 Å². The number of ketones is 2. The molecule has 0 saturated heterocycles. The van der Waals surface area contributed by atoms with Crippen molar-refractivity contribution in [3.8, 4) is 0 Å². The fourth-order valence-corrected chi connectivity index (χ4v) is 2.84. The summed E-state index contributed by atoms with van der Waals surface area (Å²) in [6.45, 7) is 0. The number of hydrogen-bond donors (Lipinski definition) is 0. The van der Waals surface area contributed by atoms with Gasteiger partial charge in [-0.3, -0.25) is 9.59 Å². The van der Waals surface area contributed by atoms with Crippen molar-refractivity contribution in [2.45, 2.75) is 0 Å². The van der Waals surface area contributed by atoms with Crippen LogP contribution < -0.4 is 0 Å². The molecule has 92 valence electrons. The van der Waals surface area contributed by atoms with Gasteiger partial charge >= 0.3 is 0 Å². The monoisotopic (exact) mass is 276 g/mol. The summed E-state index contributed by atoms with van der Waals surface area (Å²) in [5.74, 6) is 0.0774. The lowest BCUT2D eigenvalue weighted by Gasteiger charge is -2.14. The lowest BCUT2D eigenvalue weighted by Crippen LogP contribution is -2.07. The predicted molar refractivity (Wildman–Crippen MR) is 78.5 cm³/mol. The van der Waals surface area contributed by atoms with Crippen molar-refractivity contribution in [3.05, 3.63) is 57.4 Å². The highest BCUT2D eigenvalue weighted by atomic mass is 32.2. The molecule has 0 spiro atoms. The standard InChI is InChI=1S/C14H12O2S2/c1-17-12-7-10(8-13(18-2)14(12)16)9-3-5-11(15)6-4-9/h3-8H,1-2H3. The molecule has 0 unspecified atom stereocenters. The molecule has 0 amide bonds. The number of carbonyl (C=O) groups excluding carboxylic acids is 2. The average molecular weight is 276 g/mol. The summed E-state index contributed by atoms with van der Waals surface area (Å²) in [4.78, 5) is 24.5. The summed E-state index contributed by atoms with van der Waals surface area (Å²) >= 11 is 2.90. The molecular weight excluding hydrogens is 264 g/mol. The van der Waals surface area contributed by atoms with Crippen LogP contribution in [0.4, 0.5) is 0 Å². The summed E-state index contributed by atoms with van der Waals surface area (Å²) in [5, 5.41) is 0. The molecule has 0 aromatic heterocycles. The Bertz CT molecular complexity index is 516. The molecule has 2 aliphatic carbocycles. The Morgan fingerprint density at radius 1 is 0.778 bits per heavy atom. The molecule has 0 atom stereocenters. The minimum absolute atomic E-state index is 0.00521. The molecule has 2 aliphatic rings. The van der Waals surface area contributed by atoms with E-state index in [1.54, 1.807) is 12.2 Å². The summed E-state index contributed by atoms with van der Waals surface area (Å²) in [6, 6.07) is 0. The molecule has 0 fully saturated rings. The van der Waals surface area contributed by atoms with E-state index in [1.165, 1.54) is 35.7 Å². The van der Waals surface area contributed by atoms with E-state index in [2.05, 4.69) is 0 Å². The Kier molecular flexibility index (Phi) is 4.09. The molecule has 18 heavy (non-hydrogen) atoms. The molecular formula is C14H12O2S2. The predicted octanol–water partition coefficient (Wildman–Crippen LogP) is 3.05. The van der Waals surface area contributed by atoms with Gasteiger partial charge in [0, 0.05) is 0 Å². The second kappa shape index (κ2) is 5.59. The van der Waals surface area contributed by atoms with Crippen LogP contribution in [0.1, 0.15) is 0 Å². The van der Waals surface area contributed by atoms with Gasteiger partial charge in [-0.1, -0.05) is 12.2 Å². The summed E-state index contributed by atoms with van der Waals surface area (Å²) in [6.07, 6.45) is 14.2. The number of hydrogen-bond acceptors (Lipinski definition) is 4. The van der Waals surface area contributed by atoms with Crippen molar-refractivity contribution in [1.29, 1.82) is 0 Å². The van der Waals surface area contributed by atoms with Crippen LogP contribution >= 0.6 is 23.5 Å². The molecule has 0 N–H and O–H groups in total. The van der Waals surface area contributed by atoms with E-state index >= 15 is 0 Å². The van der Waals surface area contributed by atoms with E-state index in [1.807, 2.05) is 24.7 Å². The van der Waals surface area contributed by atoms with Crippen LogP contribution in [0.3, 0.4) is 0 Å². The first-order valence-electron chi connectivity index (χ1n) is 5.36. The molecule has 0 saturated carbocycles. The maximum absolute atomic E-state index is 12.0. The van der Waals surface area contributed by atoms with Gasteiger partial charge in [-0.05, 0) is 48.0 Å². The highest BCUT2D eigenvalue weighted by Gasteiger charge is 2.20. The third-order valence-corrected chi connectivity index (χ3v) is 4.13. The fraction of sp³-hybridized carbons (Fsp3) is 0.143. The quantitative estimate of drug-likeness (QED) is 0.776. The molecule has 0 radical (unpaired) electrons. The van der Waals surface area contributed by atoms with Crippen LogP contribution in [0.5, 0.6) is 0 Å². The van der Waals surface area contributed by atoms with Crippen LogP contribution in [-0.2, 0) is 9.59 Å². The van der Waals surface area contributed by atoms with Gasteiger partial charge in [0.1, 0.15) is 0 Å². The minimum Gasteiger partial charge on any atom is -0.290 e. The molecule has 2 nitrogen and oxygen atoms in total. The normalized spacial score (nSPS) is 19.2. The van der Waals surface area contributed by atoms with E-state index in [-0.39, 0.29) is 11.6 Å². The van der Waals surface area contributed by atoms with E-state index in [9.17, 15) is 9.59 Å².